The quantitative estimate of drug-likeness (QED) is 0.745. The van der Waals surface area contributed by atoms with Crippen molar-refractivity contribution in [3.63, 3.8) is 0 Å². The Hall–Kier alpha value is -0.120. The molecule has 0 radical (unpaired) electrons. The summed E-state index contributed by atoms with van der Waals surface area (Å²) in [5, 5.41) is 3.69. The Balaban J connectivity index is 1.58. The summed E-state index contributed by atoms with van der Waals surface area (Å²) >= 11 is 0. The zero-order valence-electron chi connectivity index (χ0n) is 10.7. The molecule has 1 N–H and O–H groups in total. The monoisotopic (exact) mass is 226 g/mol. The summed E-state index contributed by atoms with van der Waals surface area (Å²) in [4.78, 5) is 2.60. The molecule has 2 rings (SSSR count). The lowest BCUT2D eigenvalue weighted by Crippen LogP contribution is -2.49. The molecule has 1 aliphatic heterocycles. The maximum atomic E-state index is 5.57. The third-order valence-corrected chi connectivity index (χ3v) is 4.04. The molecule has 0 aromatic rings. The minimum absolute atomic E-state index is 0.536. The Morgan fingerprint density at radius 3 is 2.81 bits per heavy atom. The van der Waals surface area contributed by atoms with E-state index in [1.54, 1.807) is 0 Å². The van der Waals surface area contributed by atoms with Crippen LogP contribution in [0.25, 0.3) is 0 Å². The highest BCUT2D eigenvalue weighted by atomic mass is 16.5. The van der Waals surface area contributed by atoms with Gasteiger partial charge in [-0.15, -0.1) is 0 Å². The minimum atomic E-state index is 0.536. The van der Waals surface area contributed by atoms with Gasteiger partial charge in [0.25, 0.3) is 0 Å². The summed E-state index contributed by atoms with van der Waals surface area (Å²) < 4.78 is 5.57. The van der Waals surface area contributed by atoms with Crippen LogP contribution in [-0.2, 0) is 4.74 Å². The van der Waals surface area contributed by atoms with Gasteiger partial charge in [0.15, 0.2) is 0 Å². The van der Waals surface area contributed by atoms with Gasteiger partial charge >= 0.3 is 0 Å². The van der Waals surface area contributed by atoms with Gasteiger partial charge in [0.1, 0.15) is 0 Å². The zero-order valence-corrected chi connectivity index (χ0v) is 10.7. The first kappa shape index (κ1) is 12.3. The molecule has 0 bridgehead atoms. The van der Waals surface area contributed by atoms with Crippen molar-refractivity contribution in [2.24, 2.45) is 0 Å². The lowest BCUT2D eigenvalue weighted by atomic mass is 9.89. The Bertz CT molecular complexity index is 204. The highest BCUT2D eigenvalue weighted by Gasteiger charge is 2.30. The molecule has 1 aliphatic carbocycles. The maximum absolute atomic E-state index is 5.57. The van der Waals surface area contributed by atoms with Crippen molar-refractivity contribution in [3.8, 4) is 0 Å². The molecule has 2 fully saturated rings. The fraction of sp³-hybridized carbons (Fsp3) is 1.00. The summed E-state index contributed by atoms with van der Waals surface area (Å²) in [6.07, 6.45) is 5.72. The lowest BCUT2D eigenvalue weighted by Gasteiger charge is -2.37. The average Bonchev–Trinajstić information content (AvgIpc) is 2.68. The summed E-state index contributed by atoms with van der Waals surface area (Å²) in [5.74, 6) is 0. The Kier molecular flexibility index (Phi) is 4.62. The highest BCUT2D eigenvalue weighted by Crippen LogP contribution is 2.24. The van der Waals surface area contributed by atoms with Gasteiger partial charge in [-0.05, 0) is 45.7 Å². The molecule has 1 atom stereocenters. The van der Waals surface area contributed by atoms with Crippen molar-refractivity contribution in [1.29, 1.82) is 0 Å². The van der Waals surface area contributed by atoms with E-state index < -0.39 is 0 Å². The topological polar surface area (TPSA) is 24.5 Å². The molecule has 2 aliphatic rings. The van der Waals surface area contributed by atoms with Crippen LogP contribution in [0.4, 0.5) is 0 Å². The van der Waals surface area contributed by atoms with Gasteiger partial charge in [0.2, 0.25) is 0 Å². The van der Waals surface area contributed by atoms with Gasteiger partial charge in [-0.1, -0.05) is 6.92 Å². The SMILES string of the molecule is CCOC1CC(NCC2CCCN2CC)C1. The van der Waals surface area contributed by atoms with Crippen molar-refractivity contribution >= 4 is 0 Å². The Labute approximate surface area is 99.5 Å². The molecule has 1 saturated carbocycles. The predicted octanol–water partition coefficient (Wildman–Crippen LogP) is 1.63. The smallest absolute Gasteiger partial charge is 0.0604 e. The predicted molar refractivity (Wildman–Crippen MR) is 66.7 cm³/mol. The average molecular weight is 226 g/mol. The van der Waals surface area contributed by atoms with E-state index in [0.29, 0.717) is 6.10 Å². The molecule has 16 heavy (non-hydrogen) atoms. The van der Waals surface area contributed by atoms with Crippen LogP contribution in [0.5, 0.6) is 0 Å². The van der Waals surface area contributed by atoms with Gasteiger partial charge in [-0.2, -0.15) is 0 Å². The van der Waals surface area contributed by atoms with E-state index in [9.17, 15) is 0 Å². The minimum Gasteiger partial charge on any atom is -0.378 e. The number of nitrogens with zero attached hydrogens (tertiary/aromatic N) is 1. The Morgan fingerprint density at radius 1 is 1.31 bits per heavy atom. The molecule has 0 aromatic heterocycles. The summed E-state index contributed by atoms with van der Waals surface area (Å²) in [6, 6.07) is 1.51. The van der Waals surface area contributed by atoms with Crippen molar-refractivity contribution in [2.75, 3.05) is 26.2 Å². The number of hydrogen-bond donors (Lipinski definition) is 1. The second-order valence-corrected chi connectivity index (χ2v) is 5.08. The number of likely N-dealkylation sites (tertiary alicyclic amines) is 1. The first-order valence-electron chi connectivity index (χ1n) is 6.92. The number of hydrogen-bond acceptors (Lipinski definition) is 3. The van der Waals surface area contributed by atoms with E-state index >= 15 is 0 Å². The third kappa shape index (κ3) is 2.96. The maximum Gasteiger partial charge on any atom is 0.0604 e. The molecule has 1 unspecified atom stereocenters. The molecular formula is C13H26N2O. The third-order valence-electron chi connectivity index (χ3n) is 4.04. The van der Waals surface area contributed by atoms with E-state index in [1.165, 1.54) is 45.3 Å². The first-order valence-corrected chi connectivity index (χ1v) is 6.92. The van der Waals surface area contributed by atoms with E-state index in [-0.39, 0.29) is 0 Å². The molecule has 0 spiro atoms. The van der Waals surface area contributed by atoms with Crippen molar-refractivity contribution in [1.82, 2.24) is 10.2 Å². The largest absolute Gasteiger partial charge is 0.378 e. The first-order chi connectivity index (χ1) is 7.83. The molecular weight excluding hydrogens is 200 g/mol. The van der Waals surface area contributed by atoms with Gasteiger partial charge in [0.05, 0.1) is 6.10 Å². The van der Waals surface area contributed by atoms with Crippen LogP contribution >= 0.6 is 0 Å². The second-order valence-electron chi connectivity index (χ2n) is 5.08. The molecule has 3 nitrogen and oxygen atoms in total. The van der Waals surface area contributed by atoms with Crippen molar-refractivity contribution < 1.29 is 4.74 Å². The van der Waals surface area contributed by atoms with Gasteiger partial charge in [-0.25, -0.2) is 0 Å². The number of nitrogens with one attached hydrogen (secondary N) is 1. The van der Waals surface area contributed by atoms with Crippen LogP contribution < -0.4 is 5.32 Å². The highest BCUT2D eigenvalue weighted by molar-refractivity contribution is 4.88. The number of likely N-dealkylation sites (N-methyl/N-ethyl adjacent to an activating group) is 1. The van der Waals surface area contributed by atoms with Crippen LogP contribution in [0, 0.1) is 0 Å². The van der Waals surface area contributed by atoms with Crippen LogP contribution in [-0.4, -0.2) is 49.3 Å². The van der Waals surface area contributed by atoms with E-state index in [4.69, 9.17) is 4.74 Å². The van der Waals surface area contributed by atoms with Crippen molar-refractivity contribution in [2.45, 2.75) is 57.7 Å². The fourth-order valence-corrected chi connectivity index (χ4v) is 2.95. The molecule has 0 amide bonds. The van der Waals surface area contributed by atoms with Crippen LogP contribution in [0.15, 0.2) is 0 Å². The zero-order chi connectivity index (χ0) is 11.4. The molecule has 1 saturated heterocycles. The number of rotatable bonds is 6. The fourth-order valence-electron chi connectivity index (χ4n) is 2.95. The molecule has 0 aromatic carbocycles. The molecule has 3 heteroatoms. The second kappa shape index (κ2) is 5.99. The van der Waals surface area contributed by atoms with Crippen LogP contribution in [0.2, 0.25) is 0 Å². The summed E-state index contributed by atoms with van der Waals surface area (Å²) in [6.45, 7) is 8.90. The summed E-state index contributed by atoms with van der Waals surface area (Å²) in [5.41, 5.74) is 0. The van der Waals surface area contributed by atoms with Gasteiger partial charge in [-0.3, -0.25) is 4.90 Å². The van der Waals surface area contributed by atoms with Crippen LogP contribution in [0.3, 0.4) is 0 Å². The van der Waals surface area contributed by atoms with E-state index in [2.05, 4.69) is 24.1 Å². The van der Waals surface area contributed by atoms with Crippen LogP contribution in [0.1, 0.15) is 39.5 Å². The molecule has 1 heterocycles. The lowest BCUT2D eigenvalue weighted by molar-refractivity contribution is -0.0108. The van der Waals surface area contributed by atoms with Crippen molar-refractivity contribution in [3.05, 3.63) is 0 Å². The standard InChI is InChI=1S/C13H26N2O/c1-3-15-7-5-6-12(15)10-14-11-8-13(9-11)16-4-2/h11-14H,3-10H2,1-2H3. The number of ether oxygens (including phenoxy) is 1. The van der Waals surface area contributed by atoms with Gasteiger partial charge < -0.3 is 10.1 Å². The van der Waals surface area contributed by atoms with E-state index in [0.717, 1.165) is 18.7 Å². The summed E-state index contributed by atoms with van der Waals surface area (Å²) in [7, 11) is 0. The normalized spacial score (nSPS) is 35.2. The molecule has 94 valence electrons. The van der Waals surface area contributed by atoms with E-state index in [1.807, 2.05) is 0 Å². The van der Waals surface area contributed by atoms with Gasteiger partial charge in [0, 0.05) is 25.2 Å². The Morgan fingerprint density at radius 2 is 2.12 bits per heavy atom.